The Morgan fingerprint density at radius 3 is 2.35 bits per heavy atom. The Morgan fingerprint density at radius 1 is 1.29 bits per heavy atom. The van der Waals surface area contributed by atoms with Crippen molar-refractivity contribution in [3.05, 3.63) is 0 Å². The number of carbonyl (C=O) groups is 1. The second-order valence-corrected chi connectivity index (χ2v) is 7.17. The lowest BCUT2D eigenvalue weighted by Gasteiger charge is -2.57. The Hall–Kier alpha value is -0.730. The van der Waals surface area contributed by atoms with Crippen molar-refractivity contribution < 1.29 is 9.53 Å². The van der Waals surface area contributed by atoms with Crippen LogP contribution in [0.1, 0.15) is 53.4 Å². The van der Waals surface area contributed by atoms with Gasteiger partial charge in [-0.1, -0.05) is 6.92 Å². The maximum atomic E-state index is 11.5. The Balaban J connectivity index is 1.60. The fourth-order valence-corrected chi connectivity index (χ4v) is 3.60. The summed E-state index contributed by atoms with van der Waals surface area (Å²) >= 11 is 0. The molecule has 2 saturated carbocycles. The highest BCUT2D eigenvalue weighted by Gasteiger charge is 2.50. The topological polar surface area (TPSA) is 38.3 Å². The molecular weight excluding hydrogens is 214 g/mol. The maximum absolute atomic E-state index is 11.5. The molecule has 0 atom stereocenters. The van der Waals surface area contributed by atoms with E-state index >= 15 is 0 Å². The highest BCUT2D eigenvalue weighted by atomic mass is 16.6. The number of carbonyl (C=O) groups excluding carboxylic acids is 1. The molecule has 2 rings (SSSR count). The van der Waals surface area contributed by atoms with Gasteiger partial charge in [-0.05, 0) is 63.7 Å². The molecule has 3 nitrogen and oxygen atoms in total. The summed E-state index contributed by atoms with van der Waals surface area (Å²) in [5, 5.41) is 2.88. The van der Waals surface area contributed by atoms with E-state index in [1.165, 1.54) is 25.7 Å². The molecule has 0 aromatic rings. The van der Waals surface area contributed by atoms with Gasteiger partial charge in [-0.2, -0.15) is 0 Å². The molecular formula is C14H25NO2. The smallest absolute Gasteiger partial charge is 0.407 e. The number of ether oxygens (including phenoxy) is 1. The quantitative estimate of drug-likeness (QED) is 0.802. The summed E-state index contributed by atoms with van der Waals surface area (Å²) in [7, 11) is 0. The molecule has 1 amide bonds. The van der Waals surface area contributed by atoms with Crippen LogP contribution in [-0.4, -0.2) is 18.2 Å². The summed E-state index contributed by atoms with van der Waals surface area (Å²) < 4.78 is 5.22. The molecule has 0 aromatic heterocycles. The minimum atomic E-state index is -0.395. The van der Waals surface area contributed by atoms with Crippen LogP contribution in [0.5, 0.6) is 0 Å². The third-order valence-electron chi connectivity index (χ3n) is 3.94. The van der Waals surface area contributed by atoms with Crippen LogP contribution < -0.4 is 5.32 Å². The van der Waals surface area contributed by atoms with Crippen molar-refractivity contribution in [3.63, 3.8) is 0 Å². The molecule has 2 aliphatic carbocycles. The van der Waals surface area contributed by atoms with Gasteiger partial charge in [0.05, 0.1) is 0 Å². The Labute approximate surface area is 104 Å². The highest BCUT2D eigenvalue weighted by Crippen LogP contribution is 2.60. The predicted molar refractivity (Wildman–Crippen MR) is 67.8 cm³/mol. The van der Waals surface area contributed by atoms with E-state index in [2.05, 4.69) is 12.2 Å². The van der Waals surface area contributed by atoms with Gasteiger partial charge < -0.3 is 10.1 Å². The zero-order chi connectivity index (χ0) is 12.7. The number of nitrogens with one attached hydrogen (secondary N) is 1. The molecule has 0 saturated heterocycles. The Kier molecular flexibility index (Phi) is 3.13. The minimum absolute atomic E-state index is 0.277. The summed E-state index contributed by atoms with van der Waals surface area (Å²) in [6.07, 6.45) is 5.12. The summed E-state index contributed by atoms with van der Waals surface area (Å²) in [4.78, 5) is 11.5. The largest absolute Gasteiger partial charge is 0.444 e. The molecule has 17 heavy (non-hydrogen) atoms. The van der Waals surface area contributed by atoms with E-state index in [9.17, 15) is 4.79 Å². The summed E-state index contributed by atoms with van der Waals surface area (Å²) in [6.45, 7) is 8.78. The van der Waals surface area contributed by atoms with Crippen molar-refractivity contribution in [1.82, 2.24) is 5.32 Å². The molecule has 3 heteroatoms. The van der Waals surface area contributed by atoms with Crippen LogP contribution in [0, 0.1) is 17.3 Å². The molecule has 0 aliphatic heterocycles. The lowest BCUT2D eigenvalue weighted by atomic mass is 9.48. The molecule has 1 N–H and O–H groups in total. The van der Waals surface area contributed by atoms with Gasteiger partial charge in [0.1, 0.15) is 5.60 Å². The second kappa shape index (κ2) is 4.18. The summed E-state index contributed by atoms with van der Waals surface area (Å²) in [5.41, 5.74) is 0.272. The average molecular weight is 239 g/mol. The summed E-state index contributed by atoms with van der Waals surface area (Å²) in [5.74, 6) is 1.60. The standard InChI is InChI=1S/C14H25NO2/c1-10-5-14(6-10)7-11(8-14)9-15-12(16)17-13(2,3)4/h10-11H,5-9H2,1-4H3,(H,15,16)/t10-,11-,14?. The molecule has 0 unspecified atom stereocenters. The first-order chi connectivity index (χ1) is 7.78. The second-order valence-electron chi connectivity index (χ2n) is 7.17. The fourth-order valence-electron chi connectivity index (χ4n) is 3.60. The molecule has 2 fully saturated rings. The Bertz CT molecular complexity index is 292. The van der Waals surface area contributed by atoms with Gasteiger partial charge in [-0.3, -0.25) is 0 Å². The van der Waals surface area contributed by atoms with E-state index in [4.69, 9.17) is 4.74 Å². The third-order valence-corrected chi connectivity index (χ3v) is 3.94. The van der Waals surface area contributed by atoms with E-state index < -0.39 is 5.60 Å². The van der Waals surface area contributed by atoms with Crippen LogP contribution in [0.15, 0.2) is 0 Å². The van der Waals surface area contributed by atoms with Gasteiger partial charge >= 0.3 is 6.09 Å². The van der Waals surface area contributed by atoms with Gasteiger partial charge in [0.2, 0.25) is 0 Å². The van der Waals surface area contributed by atoms with Gasteiger partial charge in [0, 0.05) is 6.54 Å². The Morgan fingerprint density at radius 2 is 1.88 bits per heavy atom. The molecule has 0 bridgehead atoms. The van der Waals surface area contributed by atoms with Crippen LogP contribution >= 0.6 is 0 Å². The predicted octanol–water partition coefficient (Wildman–Crippen LogP) is 3.34. The van der Waals surface area contributed by atoms with Crippen LogP contribution in [0.2, 0.25) is 0 Å². The number of hydrogen-bond donors (Lipinski definition) is 1. The first kappa shape index (κ1) is 12.7. The normalized spacial score (nSPS) is 36.0. The zero-order valence-electron chi connectivity index (χ0n) is 11.5. The fraction of sp³-hybridized carbons (Fsp3) is 0.929. The number of amides is 1. The molecule has 2 aliphatic rings. The number of hydrogen-bond acceptors (Lipinski definition) is 2. The average Bonchev–Trinajstić information content (AvgIpc) is 2.03. The maximum Gasteiger partial charge on any atom is 0.407 e. The van der Waals surface area contributed by atoms with Crippen molar-refractivity contribution in [2.75, 3.05) is 6.54 Å². The molecule has 98 valence electrons. The van der Waals surface area contributed by atoms with Crippen molar-refractivity contribution in [2.45, 2.75) is 59.0 Å². The van der Waals surface area contributed by atoms with Gasteiger partial charge in [0.25, 0.3) is 0 Å². The van der Waals surface area contributed by atoms with E-state index in [1.54, 1.807) is 0 Å². The molecule has 1 spiro atoms. The van der Waals surface area contributed by atoms with E-state index in [0.29, 0.717) is 11.3 Å². The molecule has 0 radical (unpaired) electrons. The molecule has 0 heterocycles. The lowest BCUT2D eigenvalue weighted by molar-refractivity contribution is -0.0610. The van der Waals surface area contributed by atoms with Crippen LogP contribution in [0.4, 0.5) is 4.79 Å². The first-order valence-electron chi connectivity index (χ1n) is 6.75. The van der Waals surface area contributed by atoms with Crippen molar-refractivity contribution >= 4 is 6.09 Å². The number of rotatable bonds is 2. The number of alkyl carbamates (subject to hydrolysis) is 1. The van der Waals surface area contributed by atoms with Crippen LogP contribution in [0.25, 0.3) is 0 Å². The minimum Gasteiger partial charge on any atom is -0.444 e. The lowest BCUT2D eigenvalue weighted by Crippen LogP contribution is -2.50. The van der Waals surface area contributed by atoms with E-state index in [0.717, 1.165) is 12.5 Å². The SMILES string of the molecule is CC(C)(C)OC(=O)NC[C@H]1CC2(C[C@@H](C)C2)C1. The monoisotopic (exact) mass is 239 g/mol. The third kappa shape index (κ3) is 3.14. The van der Waals surface area contributed by atoms with E-state index in [-0.39, 0.29) is 6.09 Å². The van der Waals surface area contributed by atoms with Gasteiger partial charge in [-0.15, -0.1) is 0 Å². The first-order valence-corrected chi connectivity index (χ1v) is 6.75. The van der Waals surface area contributed by atoms with Crippen LogP contribution in [0.3, 0.4) is 0 Å². The van der Waals surface area contributed by atoms with Gasteiger partial charge in [0.15, 0.2) is 0 Å². The van der Waals surface area contributed by atoms with Crippen molar-refractivity contribution in [1.29, 1.82) is 0 Å². The van der Waals surface area contributed by atoms with E-state index in [1.807, 2.05) is 20.8 Å². The zero-order valence-corrected chi connectivity index (χ0v) is 11.5. The van der Waals surface area contributed by atoms with Crippen LogP contribution in [-0.2, 0) is 4.74 Å². The van der Waals surface area contributed by atoms with Gasteiger partial charge in [-0.25, -0.2) is 4.79 Å². The highest BCUT2D eigenvalue weighted by molar-refractivity contribution is 5.67. The summed E-state index contributed by atoms with van der Waals surface area (Å²) in [6, 6.07) is 0. The molecule has 0 aromatic carbocycles. The van der Waals surface area contributed by atoms with Crippen molar-refractivity contribution in [2.24, 2.45) is 17.3 Å². The van der Waals surface area contributed by atoms with Crippen molar-refractivity contribution in [3.8, 4) is 0 Å².